The van der Waals surface area contributed by atoms with Gasteiger partial charge in [-0.25, -0.2) is 4.79 Å². The van der Waals surface area contributed by atoms with Crippen molar-refractivity contribution in [3.05, 3.63) is 57.7 Å². The van der Waals surface area contributed by atoms with Crippen molar-refractivity contribution in [2.24, 2.45) is 0 Å². The molecule has 8 heteroatoms. The van der Waals surface area contributed by atoms with Gasteiger partial charge in [0.15, 0.2) is 11.5 Å². The Morgan fingerprint density at radius 1 is 0.935 bits per heavy atom. The summed E-state index contributed by atoms with van der Waals surface area (Å²) >= 11 is 6.41. The molecule has 2 aromatic rings. The number of benzene rings is 2. The molecule has 0 spiro atoms. The third-order valence-corrected chi connectivity index (χ3v) is 4.64. The molecule has 2 aromatic carbocycles. The highest BCUT2D eigenvalue weighted by Gasteiger charge is 2.23. The normalized spacial score (nSPS) is 14.4. The van der Waals surface area contributed by atoms with Crippen LogP contribution in [-0.2, 0) is 4.79 Å². The quantitative estimate of drug-likeness (QED) is 0.340. The predicted octanol–water partition coefficient (Wildman–Crippen LogP) is 4.38. The van der Waals surface area contributed by atoms with Gasteiger partial charge in [-0.3, -0.25) is 10.1 Å². The number of ether oxygens (including phenoxy) is 3. The summed E-state index contributed by atoms with van der Waals surface area (Å²) < 4.78 is 17.3. The zero-order valence-electron chi connectivity index (χ0n) is 17.7. The molecule has 1 aliphatic heterocycles. The maximum atomic E-state index is 11.7. The Labute approximate surface area is 186 Å². The lowest BCUT2D eigenvalue weighted by Crippen LogP contribution is -2.22. The highest BCUT2D eigenvalue weighted by molar-refractivity contribution is 6.32. The van der Waals surface area contributed by atoms with E-state index in [9.17, 15) is 9.59 Å². The number of imide groups is 1. The molecule has 1 aliphatic rings. The van der Waals surface area contributed by atoms with Crippen molar-refractivity contribution >= 4 is 29.6 Å². The summed E-state index contributed by atoms with van der Waals surface area (Å²) in [4.78, 5) is 23.0. The van der Waals surface area contributed by atoms with Crippen LogP contribution in [0.4, 0.5) is 4.79 Å². The lowest BCUT2D eigenvalue weighted by Gasteiger charge is -2.15. The highest BCUT2D eigenvalue weighted by atomic mass is 35.5. The standard InChI is InChI=1S/C23H25ClN2O5/c1-4-29-20-13-16(12-19-22(27)26-23(28)25-19)11-18(24)21(20)31-7-5-6-30-17-9-14(2)8-15(3)10-17/h8-13H,4-7H2,1-3H3,(H2,25,26,27,28)/b19-12-. The van der Waals surface area contributed by atoms with Crippen LogP contribution in [0.3, 0.4) is 0 Å². The van der Waals surface area contributed by atoms with Crippen LogP contribution >= 0.6 is 11.6 Å². The molecule has 1 heterocycles. The van der Waals surface area contributed by atoms with Crippen LogP contribution in [0.5, 0.6) is 17.2 Å². The molecular weight excluding hydrogens is 420 g/mol. The maximum Gasteiger partial charge on any atom is 0.326 e. The minimum atomic E-state index is -0.560. The smallest absolute Gasteiger partial charge is 0.326 e. The molecule has 2 N–H and O–H groups in total. The first kappa shape index (κ1) is 22.5. The average molecular weight is 445 g/mol. The highest BCUT2D eigenvalue weighted by Crippen LogP contribution is 2.37. The van der Waals surface area contributed by atoms with Crippen molar-refractivity contribution in [1.82, 2.24) is 10.6 Å². The van der Waals surface area contributed by atoms with E-state index in [1.54, 1.807) is 12.1 Å². The van der Waals surface area contributed by atoms with Gasteiger partial charge in [0.1, 0.15) is 11.4 Å². The van der Waals surface area contributed by atoms with Crippen LogP contribution in [0, 0.1) is 13.8 Å². The molecule has 0 radical (unpaired) electrons. The Balaban J connectivity index is 1.63. The van der Waals surface area contributed by atoms with Crippen LogP contribution in [0.15, 0.2) is 36.0 Å². The minimum Gasteiger partial charge on any atom is -0.493 e. The van der Waals surface area contributed by atoms with Crippen molar-refractivity contribution in [3.8, 4) is 17.2 Å². The van der Waals surface area contributed by atoms with E-state index >= 15 is 0 Å². The monoisotopic (exact) mass is 444 g/mol. The second kappa shape index (κ2) is 10.2. The van der Waals surface area contributed by atoms with E-state index in [1.807, 2.05) is 32.9 Å². The molecule has 0 atom stereocenters. The molecule has 3 rings (SSSR count). The Morgan fingerprint density at radius 2 is 1.65 bits per heavy atom. The predicted molar refractivity (Wildman–Crippen MR) is 119 cm³/mol. The summed E-state index contributed by atoms with van der Waals surface area (Å²) in [5.74, 6) is 1.23. The fraction of sp³-hybridized carbons (Fsp3) is 0.304. The number of hydrogen-bond acceptors (Lipinski definition) is 5. The first-order chi connectivity index (χ1) is 14.9. The summed E-state index contributed by atoms with van der Waals surface area (Å²) in [7, 11) is 0. The Kier molecular flexibility index (Phi) is 7.41. The second-order valence-electron chi connectivity index (χ2n) is 7.10. The summed E-state index contributed by atoms with van der Waals surface area (Å²) in [6.07, 6.45) is 2.18. The molecule has 1 saturated heterocycles. The molecule has 1 fully saturated rings. The molecule has 0 saturated carbocycles. The Morgan fingerprint density at radius 3 is 2.29 bits per heavy atom. The van der Waals surface area contributed by atoms with Gasteiger partial charge in [-0.15, -0.1) is 0 Å². The van der Waals surface area contributed by atoms with E-state index in [0.29, 0.717) is 48.3 Å². The first-order valence-electron chi connectivity index (χ1n) is 10.00. The largest absolute Gasteiger partial charge is 0.493 e. The molecule has 3 amide bonds. The zero-order valence-corrected chi connectivity index (χ0v) is 18.5. The van der Waals surface area contributed by atoms with Crippen LogP contribution in [-0.4, -0.2) is 31.8 Å². The van der Waals surface area contributed by atoms with E-state index in [0.717, 1.165) is 16.9 Å². The molecule has 0 aliphatic carbocycles. The minimum absolute atomic E-state index is 0.140. The fourth-order valence-electron chi connectivity index (χ4n) is 3.16. The average Bonchev–Trinajstić information content (AvgIpc) is 2.99. The zero-order chi connectivity index (χ0) is 22.4. The van der Waals surface area contributed by atoms with Crippen molar-refractivity contribution in [2.75, 3.05) is 19.8 Å². The van der Waals surface area contributed by atoms with Gasteiger partial charge in [-0.2, -0.15) is 0 Å². The number of carbonyl (C=O) groups excluding carboxylic acids is 2. The Hall–Kier alpha value is -3.19. The Bertz CT molecular complexity index is 999. The summed E-state index contributed by atoms with van der Waals surface area (Å²) in [5, 5.41) is 4.94. The van der Waals surface area contributed by atoms with E-state index in [-0.39, 0.29) is 5.70 Å². The summed E-state index contributed by atoms with van der Waals surface area (Å²) in [6, 6.07) is 8.89. The maximum absolute atomic E-state index is 11.7. The first-order valence-corrected chi connectivity index (χ1v) is 10.4. The second-order valence-corrected chi connectivity index (χ2v) is 7.51. The lowest BCUT2D eigenvalue weighted by atomic mass is 10.1. The number of rotatable bonds is 9. The van der Waals surface area contributed by atoms with Gasteiger partial charge in [-0.1, -0.05) is 17.7 Å². The van der Waals surface area contributed by atoms with Crippen molar-refractivity contribution in [3.63, 3.8) is 0 Å². The molecule has 31 heavy (non-hydrogen) atoms. The number of amides is 3. The van der Waals surface area contributed by atoms with E-state index in [1.165, 1.54) is 6.08 Å². The van der Waals surface area contributed by atoms with Crippen molar-refractivity contribution in [1.29, 1.82) is 0 Å². The number of urea groups is 1. The van der Waals surface area contributed by atoms with Gasteiger partial charge in [-0.05, 0) is 67.8 Å². The number of hydrogen-bond donors (Lipinski definition) is 2. The molecular formula is C23H25ClN2O5. The van der Waals surface area contributed by atoms with Gasteiger partial charge < -0.3 is 19.5 Å². The summed E-state index contributed by atoms with van der Waals surface area (Å²) in [5.41, 5.74) is 3.06. The number of aryl methyl sites for hydroxylation is 2. The molecule has 0 unspecified atom stereocenters. The topological polar surface area (TPSA) is 85.9 Å². The number of nitrogens with one attached hydrogen (secondary N) is 2. The summed E-state index contributed by atoms with van der Waals surface area (Å²) in [6.45, 7) is 7.23. The lowest BCUT2D eigenvalue weighted by molar-refractivity contribution is -0.115. The third kappa shape index (κ3) is 6.15. The third-order valence-electron chi connectivity index (χ3n) is 4.36. The van der Waals surface area contributed by atoms with E-state index in [4.69, 9.17) is 25.8 Å². The number of carbonyl (C=O) groups is 2. The van der Waals surface area contributed by atoms with E-state index < -0.39 is 11.9 Å². The van der Waals surface area contributed by atoms with Gasteiger partial charge in [0.05, 0.1) is 24.8 Å². The van der Waals surface area contributed by atoms with Crippen LogP contribution in [0.1, 0.15) is 30.0 Å². The molecule has 0 bridgehead atoms. The molecule has 0 aromatic heterocycles. The van der Waals surface area contributed by atoms with Crippen LogP contribution in [0.25, 0.3) is 6.08 Å². The van der Waals surface area contributed by atoms with Gasteiger partial charge in [0.25, 0.3) is 5.91 Å². The molecule has 164 valence electrons. The SMILES string of the molecule is CCOc1cc(/C=C2\NC(=O)NC2=O)cc(Cl)c1OCCCOc1cc(C)cc(C)c1. The van der Waals surface area contributed by atoms with Gasteiger partial charge >= 0.3 is 6.03 Å². The van der Waals surface area contributed by atoms with Gasteiger partial charge in [0, 0.05) is 6.42 Å². The fourth-order valence-corrected chi connectivity index (χ4v) is 3.44. The van der Waals surface area contributed by atoms with Crippen molar-refractivity contribution in [2.45, 2.75) is 27.2 Å². The van der Waals surface area contributed by atoms with Crippen LogP contribution < -0.4 is 24.8 Å². The number of halogens is 1. The van der Waals surface area contributed by atoms with E-state index in [2.05, 4.69) is 16.7 Å². The van der Waals surface area contributed by atoms with Gasteiger partial charge in [0.2, 0.25) is 0 Å². The van der Waals surface area contributed by atoms with Crippen LogP contribution in [0.2, 0.25) is 5.02 Å². The van der Waals surface area contributed by atoms with Crippen molar-refractivity contribution < 1.29 is 23.8 Å². The molecule has 7 nitrogen and oxygen atoms in total.